The van der Waals surface area contributed by atoms with Crippen LogP contribution in [0.2, 0.25) is 0 Å². The molecule has 1 unspecified atom stereocenters. The number of carbonyl (C=O) groups is 1. The standard InChI is InChI=1S/C9H20N2O/c1-6(2)9(3,4)5-7(10)8(11)12/h6-7H,5,10H2,1-4H3,(H2,11,12). The Hall–Kier alpha value is -0.570. The third kappa shape index (κ3) is 3.22. The molecule has 3 nitrogen and oxygen atoms in total. The van der Waals surface area contributed by atoms with Crippen LogP contribution in [0.25, 0.3) is 0 Å². The van der Waals surface area contributed by atoms with Gasteiger partial charge in [-0.3, -0.25) is 4.79 Å². The topological polar surface area (TPSA) is 69.1 Å². The van der Waals surface area contributed by atoms with Crippen molar-refractivity contribution in [1.29, 1.82) is 0 Å². The molecule has 0 aliphatic heterocycles. The molecule has 0 rings (SSSR count). The van der Waals surface area contributed by atoms with E-state index in [-0.39, 0.29) is 5.41 Å². The van der Waals surface area contributed by atoms with Crippen LogP contribution in [-0.2, 0) is 4.79 Å². The lowest BCUT2D eigenvalue weighted by Crippen LogP contribution is -2.41. The van der Waals surface area contributed by atoms with E-state index in [1.165, 1.54) is 0 Å². The molecule has 0 aromatic heterocycles. The normalized spacial score (nSPS) is 14.8. The van der Waals surface area contributed by atoms with Gasteiger partial charge in [0.25, 0.3) is 0 Å². The summed E-state index contributed by atoms with van der Waals surface area (Å²) >= 11 is 0. The molecule has 0 heterocycles. The second kappa shape index (κ2) is 3.90. The molecule has 0 spiro atoms. The van der Waals surface area contributed by atoms with Crippen LogP contribution in [0.3, 0.4) is 0 Å². The van der Waals surface area contributed by atoms with Crippen LogP contribution in [0, 0.1) is 11.3 Å². The fourth-order valence-corrected chi connectivity index (χ4v) is 0.903. The van der Waals surface area contributed by atoms with Gasteiger partial charge in [0.1, 0.15) is 0 Å². The molecule has 0 saturated carbocycles. The summed E-state index contributed by atoms with van der Waals surface area (Å²) in [4.78, 5) is 10.7. The monoisotopic (exact) mass is 172 g/mol. The molecule has 72 valence electrons. The molecular weight excluding hydrogens is 152 g/mol. The fraction of sp³-hybridized carbons (Fsp3) is 0.889. The van der Waals surface area contributed by atoms with E-state index >= 15 is 0 Å². The van der Waals surface area contributed by atoms with Crippen molar-refractivity contribution in [3.8, 4) is 0 Å². The number of hydrogen-bond acceptors (Lipinski definition) is 2. The highest BCUT2D eigenvalue weighted by molar-refractivity contribution is 5.79. The van der Waals surface area contributed by atoms with Gasteiger partial charge in [0.15, 0.2) is 0 Å². The minimum atomic E-state index is -0.512. The maximum Gasteiger partial charge on any atom is 0.234 e. The van der Waals surface area contributed by atoms with Gasteiger partial charge in [0.2, 0.25) is 5.91 Å². The SMILES string of the molecule is CC(C)C(C)(C)CC(N)C(N)=O. The maximum absolute atomic E-state index is 10.7. The first kappa shape index (κ1) is 11.4. The summed E-state index contributed by atoms with van der Waals surface area (Å²) in [6, 6.07) is -0.512. The number of carbonyl (C=O) groups excluding carboxylic acids is 1. The van der Waals surface area contributed by atoms with Crippen molar-refractivity contribution in [2.24, 2.45) is 22.8 Å². The Bertz CT molecular complexity index is 164. The lowest BCUT2D eigenvalue weighted by Gasteiger charge is -2.30. The van der Waals surface area contributed by atoms with Gasteiger partial charge in [-0.2, -0.15) is 0 Å². The van der Waals surface area contributed by atoms with E-state index in [1.807, 2.05) is 0 Å². The molecule has 0 saturated heterocycles. The van der Waals surface area contributed by atoms with Crippen molar-refractivity contribution in [3.63, 3.8) is 0 Å². The summed E-state index contributed by atoms with van der Waals surface area (Å²) in [7, 11) is 0. The minimum Gasteiger partial charge on any atom is -0.368 e. The molecule has 0 aromatic carbocycles. The first-order valence-corrected chi connectivity index (χ1v) is 4.32. The van der Waals surface area contributed by atoms with E-state index < -0.39 is 11.9 Å². The number of primary amides is 1. The van der Waals surface area contributed by atoms with E-state index in [0.29, 0.717) is 12.3 Å². The highest BCUT2D eigenvalue weighted by atomic mass is 16.1. The van der Waals surface area contributed by atoms with Gasteiger partial charge < -0.3 is 11.5 Å². The largest absolute Gasteiger partial charge is 0.368 e. The van der Waals surface area contributed by atoms with Crippen molar-refractivity contribution >= 4 is 5.91 Å². The molecule has 1 atom stereocenters. The molecule has 0 aromatic rings. The van der Waals surface area contributed by atoms with E-state index in [1.54, 1.807) is 0 Å². The van der Waals surface area contributed by atoms with Gasteiger partial charge in [0.05, 0.1) is 6.04 Å². The van der Waals surface area contributed by atoms with Gasteiger partial charge in [-0.15, -0.1) is 0 Å². The zero-order chi connectivity index (χ0) is 9.94. The Morgan fingerprint density at radius 3 is 2.08 bits per heavy atom. The molecule has 3 heteroatoms. The highest BCUT2D eigenvalue weighted by Gasteiger charge is 2.26. The highest BCUT2D eigenvalue weighted by Crippen LogP contribution is 2.30. The van der Waals surface area contributed by atoms with Crippen molar-refractivity contribution in [1.82, 2.24) is 0 Å². The van der Waals surface area contributed by atoms with Gasteiger partial charge >= 0.3 is 0 Å². The number of nitrogens with two attached hydrogens (primary N) is 2. The lowest BCUT2D eigenvalue weighted by atomic mass is 9.76. The summed E-state index contributed by atoms with van der Waals surface area (Å²) in [5, 5.41) is 0. The molecule has 1 amide bonds. The molecule has 0 aliphatic rings. The van der Waals surface area contributed by atoms with E-state index in [2.05, 4.69) is 27.7 Å². The number of hydrogen-bond donors (Lipinski definition) is 2. The molecule has 12 heavy (non-hydrogen) atoms. The van der Waals surface area contributed by atoms with Crippen LogP contribution >= 0.6 is 0 Å². The molecular formula is C9H20N2O. The van der Waals surface area contributed by atoms with Crippen molar-refractivity contribution < 1.29 is 4.79 Å². The van der Waals surface area contributed by atoms with Crippen LogP contribution in [0.5, 0.6) is 0 Å². The van der Waals surface area contributed by atoms with E-state index in [4.69, 9.17) is 11.5 Å². The van der Waals surface area contributed by atoms with Crippen molar-refractivity contribution in [3.05, 3.63) is 0 Å². The predicted molar refractivity (Wildman–Crippen MR) is 50.4 cm³/mol. The van der Waals surface area contributed by atoms with Gasteiger partial charge in [-0.05, 0) is 17.8 Å². The maximum atomic E-state index is 10.7. The van der Waals surface area contributed by atoms with E-state index in [9.17, 15) is 4.79 Å². The Morgan fingerprint density at radius 2 is 1.83 bits per heavy atom. The summed E-state index contributed by atoms with van der Waals surface area (Å²) in [5.74, 6) is 0.0895. The quantitative estimate of drug-likeness (QED) is 0.660. The van der Waals surface area contributed by atoms with Crippen LogP contribution < -0.4 is 11.5 Å². The predicted octanol–water partition coefficient (Wildman–Crippen LogP) is 0.871. The van der Waals surface area contributed by atoms with Crippen LogP contribution in [-0.4, -0.2) is 11.9 Å². The average Bonchev–Trinajstić information content (AvgIpc) is 1.85. The summed E-state index contributed by atoms with van der Waals surface area (Å²) < 4.78 is 0. The fourth-order valence-electron chi connectivity index (χ4n) is 0.903. The Morgan fingerprint density at radius 1 is 1.42 bits per heavy atom. The van der Waals surface area contributed by atoms with Crippen molar-refractivity contribution in [2.75, 3.05) is 0 Å². The smallest absolute Gasteiger partial charge is 0.234 e. The summed E-state index contributed by atoms with van der Waals surface area (Å²) in [6.07, 6.45) is 0.653. The number of amides is 1. The van der Waals surface area contributed by atoms with Crippen LogP contribution in [0.1, 0.15) is 34.1 Å². The third-order valence-corrected chi connectivity index (χ3v) is 2.67. The second-order valence-electron chi connectivity index (χ2n) is 4.36. The third-order valence-electron chi connectivity index (χ3n) is 2.67. The minimum absolute atomic E-state index is 0.0778. The first-order valence-electron chi connectivity index (χ1n) is 4.32. The Balaban J connectivity index is 4.15. The molecule has 0 radical (unpaired) electrons. The Kier molecular flexibility index (Phi) is 3.71. The van der Waals surface area contributed by atoms with Gasteiger partial charge in [-0.25, -0.2) is 0 Å². The first-order chi connectivity index (χ1) is 5.27. The van der Waals surface area contributed by atoms with Crippen LogP contribution in [0.15, 0.2) is 0 Å². The zero-order valence-electron chi connectivity index (χ0n) is 8.42. The molecule has 4 N–H and O–H groups in total. The molecule has 0 bridgehead atoms. The lowest BCUT2D eigenvalue weighted by molar-refractivity contribution is -0.120. The molecule has 0 fully saturated rings. The average molecular weight is 172 g/mol. The zero-order valence-corrected chi connectivity index (χ0v) is 8.42. The summed E-state index contributed by atoms with van der Waals surface area (Å²) in [5.41, 5.74) is 10.7. The Labute approximate surface area is 74.5 Å². The van der Waals surface area contributed by atoms with E-state index in [0.717, 1.165) is 0 Å². The van der Waals surface area contributed by atoms with Crippen LogP contribution in [0.4, 0.5) is 0 Å². The van der Waals surface area contributed by atoms with Crippen molar-refractivity contribution in [2.45, 2.75) is 40.2 Å². The number of rotatable bonds is 4. The second-order valence-corrected chi connectivity index (χ2v) is 4.36. The van der Waals surface area contributed by atoms with Gasteiger partial charge in [-0.1, -0.05) is 27.7 Å². The van der Waals surface area contributed by atoms with Gasteiger partial charge in [0, 0.05) is 0 Å². The summed E-state index contributed by atoms with van der Waals surface area (Å²) in [6.45, 7) is 8.43. The molecule has 0 aliphatic carbocycles.